The molecule has 0 aliphatic carbocycles. The Morgan fingerprint density at radius 3 is 2.12 bits per heavy atom. The second-order valence-electron chi connectivity index (χ2n) is 3.57. The molecule has 6 heteroatoms. The molecule has 0 saturated carbocycles. The Hall–Kier alpha value is 0.145. The minimum Gasteiger partial charge on any atom is -0.476 e. The first-order valence-electron chi connectivity index (χ1n) is 4.94. The van der Waals surface area contributed by atoms with Crippen LogP contribution in [0.5, 0.6) is 5.75 Å². The highest BCUT2D eigenvalue weighted by Crippen LogP contribution is 2.35. The lowest BCUT2D eigenvalue weighted by Crippen LogP contribution is -2.20. The predicted molar refractivity (Wildman–Crippen MR) is 90.2 cm³/mol. The van der Waals surface area contributed by atoms with E-state index in [0.717, 1.165) is 22.7 Å². The van der Waals surface area contributed by atoms with Crippen molar-refractivity contribution in [3.05, 3.63) is 17.7 Å². The minimum absolute atomic E-state index is 0.230. The molecule has 0 aliphatic rings. The third-order valence-electron chi connectivity index (χ3n) is 2.14. The van der Waals surface area contributed by atoms with Crippen molar-refractivity contribution < 1.29 is 4.74 Å². The molecule has 1 aromatic rings. The van der Waals surface area contributed by atoms with Crippen molar-refractivity contribution in [2.45, 2.75) is 8.44 Å². The Kier molecular flexibility index (Phi) is 5.02. The van der Waals surface area contributed by atoms with Gasteiger partial charge in [0.15, 0.2) is 9.36 Å². The predicted octanol–water partition coefficient (Wildman–Crippen LogP) is 2.57. The van der Waals surface area contributed by atoms with Gasteiger partial charge in [-0.1, -0.05) is 0 Å². The van der Waals surface area contributed by atoms with Gasteiger partial charge in [-0.3, -0.25) is 0 Å². The SMILES string of the molecule is BC(I)(I)Oc1cc(NC)c(NC)cc1C. The summed E-state index contributed by atoms with van der Waals surface area (Å²) in [4.78, 5) is 0. The molecule has 0 amide bonds. The topological polar surface area (TPSA) is 33.3 Å². The normalized spacial score (nSPS) is 11.1. The van der Waals surface area contributed by atoms with Crippen LogP contribution < -0.4 is 15.4 Å². The molecule has 0 aromatic heterocycles. The molecule has 0 atom stereocenters. The highest BCUT2D eigenvalue weighted by Gasteiger charge is 2.18. The zero-order chi connectivity index (χ0) is 12.3. The highest BCUT2D eigenvalue weighted by molar-refractivity contribution is 14.2. The van der Waals surface area contributed by atoms with E-state index in [1.807, 2.05) is 28.0 Å². The van der Waals surface area contributed by atoms with Gasteiger partial charge in [-0.05, 0) is 63.7 Å². The Bertz CT molecular complexity index is 380. The summed E-state index contributed by atoms with van der Waals surface area (Å²) in [6.45, 7) is 2.05. The van der Waals surface area contributed by atoms with Crippen LogP contribution in [0.25, 0.3) is 0 Å². The van der Waals surface area contributed by atoms with E-state index in [2.05, 4.69) is 68.8 Å². The summed E-state index contributed by atoms with van der Waals surface area (Å²) in [5.74, 6) is 0.912. The van der Waals surface area contributed by atoms with Gasteiger partial charge >= 0.3 is 0 Å². The fourth-order valence-corrected chi connectivity index (χ4v) is 1.88. The van der Waals surface area contributed by atoms with Crippen LogP contribution in [0.15, 0.2) is 12.1 Å². The van der Waals surface area contributed by atoms with E-state index in [1.165, 1.54) is 0 Å². The van der Waals surface area contributed by atoms with Crippen molar-refractivity contribution in [1.82, 2.24) is 0 Å². The van der Waals surface area contributed by atoms with Gasteiger partial charge in [0.25, 0.3) is 0 Å². The number of halogens is 2. The Labute approximate surface area is 125 Å². The van der Waals surface area contributed by atoms with Gasteiger partial charge in [0.1, 0.15) is 5.75 Å². The summed E-state index contributed by atoms with van der Waals surface area (Å²) in [5.41, 5.74) is 3.25. The number of hydrogen-bond acceptors (Lipinski definition) is 3. The van der Waals surface area contributed by atoms with Gasteiger partial charge in [0, 0.05) is 20.2 Å². The van der Waals surface area contributed by atoms with E-state index < -0.39 is 0 Å². The largest absolute Gasteiger partial charge is 0.476 e. The van der Waals surface area contributed by atoms with Gasteiger partial charge in [-0.15, -0.1) is 0 Å². The molecule has 0 heterocycles. The fraction of sp³-hybridized carbons (Fsp3) is 0.400. The van der Waals surface area contributed by atoms with Crippen molar-refractivity contribution in [2.75, 3.05) is 24.7 Å². The standard InChI is InChI=1S/C10H15BI2N2O/c1-6-4-7(14-2)8(15-3)5-9(6)16-10(11,12)13/h4-5,14-15H,11H2,1-3H3. The molecule has 0 saturated heterocycles. The van der Waals surface area contributed by atoms with Crippen molar-refractivity contribution in [3.63, 3.8) is 0 Å². The summed E-state index contributed by atoms with van der Waals surface area (Å²) >= 11 is 4.53. The first-order chi connectivity index (χ1) is 7.37. The molecule has 0 spiro atoms. The smallest absolute Gasteiger partial charge is 0.185 e. The molecule has 88 valence electrons. The number of ether oxygens (including phenoxy) is 1. The molecule has 0 fully saturated rings. The van der Waals surface area contributed by atoms with E-state index in [4.69, 9.17) is 4.74 Å². The molecule has 1 rings (SSSR count). The van der Waals surface area contributed by atoms with Crippen LogP contribution in [-0.2, 0) is 0 Å². The first-order valence-corrected chi connectivity index (χ1v) is 7.10. The van der Waals surface area contributed by atoms with E-state index >= 15 is 0 Å². The summed E-state index contributed by atoms with van der Waals surface area (Å²) in [5, 5.41) is 6.31. The quantitative estimate of drug-likeness (QED) is 0.426. The van der Waals surface area contributed by atoms with Crippen LogP contribution in [-0.4, -0.2) is 23.5 Å². The van der Waals surface area contributed by atoms with Crippen LogP contribution in [0.2, 0.25) is 0 Å². The second-order valence-corrected chi connectivity index (χ2v) is 9.75. The van der Waals surface area contributed by atoms with Crippen LogP contribution in [0.4, 0.5) is 11.4 Å². The summed E-state index contributed by atoms with van der Waals surface area (Å²) in [6.07, 6.45) is 0. The molecule has 0 unspecified atom stereocenters. The summed E-state index contributed by atoms with van der Waals surface area (Å²) in [6, 6.07) is 4.11. The van der Waals surface area contributed by atoms with Crippen molar-refractivity contribution in [3.8, 4) is 5.75 Å². The van der Waals surface area contributed by atoms with Gasteiger partial charge < -0.3 is 15.4 Å². The highest BCUT2D eigenvalue weighted by atomic mass is 127. The number of hydrogen-bond donors (Lipinski definition) is 2. The van der Waals surface area contributed by atoms with E-state index in [1.54, 1.807) is 0 Å². The van der Waals surface area contributed by atoms with Crippen molar-refractivity contribution >= 4 is 64.4 Å². The lowest BCUT2D eigenvalue weighted by atomic mass is 10.1. The van der Waals surface area contributed by atoms with Gasteiger partial charge in [-0.25, -0.2) is 0 Å². The van der Waals surface area contributed by atoms with Crippen LogP contribution in [0.3, 0.4) is 0 Å². The molecule has 0 aliphatic heterocycles. The lowest BCUT2D eigenvalue weighted by Gasteiger charge is -2.21. The molecular formula is C10H15BI2N2O. The lowest BCUT2D eigenvalue weighted by molar-refractivity contribution is 0.357. The van der Waals surface area contributed by atoms with E-state index in [0.29, 0.717) is 0 Å². The monoisotopic (exact) mass is 444 g/mol. The number of nitrogens with one attached hydrogen (secondary N) is 2. The molecule has 0 radical (unpaired) electrons. The summed E-state index contributed by atoms with van der Waals surface area (Å²) < 4.78 is 5.65. The third-order valence-corrected chi connectivity index (χ3v) is 2.58. The molecule has 3 nitrogen and oxygen atoms in total. The maximum absolute atomic E-state index is 5.88. The van der Waals surface area contributed by atoms with E-state index in [-0.39, 0.29) is 1.51 Å². The second kappa shape index (κ2) is 5.66. The summed E-state index contributed by atoms with van der Waals surface area (Å²) in [7, 11) is 5.85. The zero-order valence-electron chi connectivity index (χ0n) is 9.82. The fourth-order valence-electron chi connectivity index (χ4n) is 1.40. The Balaban J connectivity index is 3.11. The van der Waals surface area contributed by atoms with Gasteiger partial charge in [0.2, 0.25) is 0 Å². The number of anilines is 2. The Morgan fingerprint density at radius 2 is 1.69 bits per heavy atom. The number of benzene rings is 1. The van der Waals surface area contributed by atoms with Crippen molar-refractivity contribution in [2.24, 2.45) is 0 Å². The van der Waals surface area contributed by atoms with Crippen molar-refractivity contribution in [1.29, 1.82) is 0 Å². The Morgan fingerprint density at radius 1 is 1.19 bits per heavy atom. The molecule has 16 heavy (non-hydrogen) atoms. The zero-order valence-corrected chi connectivity index (χ0v) is 14.1. The van der Waals surface area contributed by atoms with Crippen LogP contribution >= 0.6 is 45.2 Å². The first kappa shape index (κ1) is 14.2. The molecule has 2 N–H and O–H groups in total. The van der Waals surface area contributed by atoms with Crippen LogP contribution in [0.1, 0.15) is 5.56 Å². The van der Waals surface area contributed by atoms with Gasteiger partial charge in [0.05, 0.1) is 11.4 Å². The minimum atomic E-state index is -0.230. The average Bonchev–Trinajstić information content (AvgIpc) is 2.18. The average molecular weight is 444 g/mol. The number of aryl methyl sites for hydroxylation is 1. The third kappa shape index (κ3) is 3.87. The molecular weight excluding hydrogens is 429 g/mol. The maximum atomic E-state index is 5.88. The maximum Gasteiger partial charge on any atom is 0.185 e. The van der Waals surface area contributed by atoms with Crippen LogP contribution in [0, 0.1) is 6.92 Å². The van der Waals surface area contributed by atoms with Gasteiger partial charge in [-0.2, -0.15) is 0 Å². The number of alkyl halides is 2. The number of rotatable bonds is 4. The van der Waals surface area contributed by atoms with E-state index in [9.17, 15) is 0 Å². The molecule has 1 aromatic carbocycles. The molecule has 0 bridgehead atoms.